The topological polar surface area (TPSA) is 91.9 Å². The molecule has 1 atom stereocenters. The standard InChI is InChI=1S/C26H25N3O3/c30-19-10-9-18(14-19)26(32)29-23-15-17(11-12-27-23)25-20(13-16-5-2-1-3-6-16)24-21(28-25)7-4-8-22(24)31/h1-3,5-6,11-12,15,18,28H,4,7-10,13-14H2,(H,27,29,32). The highest BCUT2D eigenvalue weighted by Gasteiger charge is 2.29. The van der Waals surface area contributed by atoms with Crippen LogP contribution in [0.25, 0.3) is 11.3 Å². The Kier molecular flexibility index (Phi) is 5.43. The van der Waals surface area contributed by atoms with E-state index in [2.05, 4.69) is 27.4 Å². The predicted octanol–water partition coefficient (Wildman–Crippen LogP) is 4.49. The van der Waals surface area contributed by atoms with E-state index in [-0.39, 0.29) is 23.4 Å². The van der Waals surface area contributed by atoms with E-state index in [0.717, 1.165) is 46.5 Å². The Morgan fingerprint density at radius 2 is 1.94 bits per heavy atom. The van der Waals surface area contributed by atoms with E-state index in [0.29, 0.717) is 37.9 Å². The molecule has 2 heterocycles. The third-order valence-electron chi connectivity index (χ3n) is 6.43. The minimum atomic E-state index is -0.281. The van der Waals surface area contributed by atoms with E-state index in [4.69, 9.17) is 0 Å². The molecule has 0 radical (unpaired) electrons. The Morgan fingerprint density at radius 3 is 2.72 bits per heavy atom. The lowest BCUT2D eigenvalue weighted by Gasteiger charge is -2.12. The number of nitrogens with zero attached hydrogens (tertiary/aromatic N) is 1. The van der Waals surface area contributed by atoms with E-state index in [1.54, 1.807) is 6.20 Å². The van der Waals surface area contributed by atoms with Crippen molar-refractivity contribution in [3.05, 3.63) is 71.0 Å². The van der Waals surface area contributed by atoms with Gasteiger partial charge in [0, 0.05) is 54.6 Å². The summed E-state index contributed by atoms with van der Waals surface area (Å²) in [5.74, 6) is 0.339. The van der Waals surface area contributed by atoms with Crippen molar-refractivity contribution in [2.45, 2.75) is 44.9 Å². The highest BCUT2D eigenvalue weighted by atomic mass is 16.2. The lowest BCUT2D eigenvalue weighted by molar-refractivity contribution is -0.122. The number of aromatic nitrogens is 2. The number of pyridine rings is 1. The maximum atomic E-state index is 12.8. The maximum absolute atomic E-state index is 12.8. The van der Waals surface area contributed by atoms with Crippen LogP contribution < -0.4 is 5.32 Å². The Balaban J connectivity index is 1.49. The number of H-pyrrole nitrogens is 1. The zero-order valence-corrected chi connectivity index (χ0v) is 17.8. The number of ketones is 2. The minimum absolute atomic E-state index is 0.138. The van der Waals surface area contributed by atoms with Crippen LogP contribution >= 0.6 is 0 Å². The first-order valence-corrected chi connectivity index (χ1v) is 11.2. The van der Waals surface area contributed by atoms with E-state index in [1.165, 1.54) is 0 Å². The van der Waals surface area contributed by atoms with E-state index >= 15 is 0 Å². The first-order valence-electron chi connectivity index (χ1n) is 11.2. The smallest absolute Gasteiger partial charge is 0.229 e. The number of aryl methyl sites for hydroxylation is 1. The van der Waals surface area contributed by atoms with Crippen LogP contribution in [0.2, 0.25) is 0 Å². The molecular weight excluding hydrogens is 402 g/mol. The zero-order chi connectivity index (χ0) is 22.1. The zero-order valence-electron chi connectivity index (χ0n) is 17.8. The van der Waals surface area contributed by atoms with Gasteiger partial charge in [-0.1, -0.05) is 30.3 Å². The molecule has 1 amide bonds. The molecule has 32 heavy (non-hydrogen) atoms. The predicted molar refractivity (Wildman–Crippen MR) is 122 cm³/mol. The summed E-state index contributed by atoms with van der Waals surface area (Å²) in [5.41, 5.74) is 5.74. The largest absolute Gasteiger partial charge is 0.358 e. The van der Waals surface area contributed by atoms with Crippen molar-refractivity contribution >= 4 is 23.3 Å². The van der Waals surface area contributed by atoms with Crippen molar-refractivity contribution in [3.63, 3.8) is 0 Å². The highest BCUT2D eigenvalue weighted by Crippen LogP contribution is 2.35. The molecule has 2 aliphatic rings. The fraction of sp³-hybridized carbons (Fsp3) is 0.308. The van der Waals surface area contributed by atoms with Crippen molar-refractivity contribution in [2.24, 2.45) is 5.92 Å². The number of rotatable bonds is 5. The summed E-state index contributed by atoms with van der Waals surface area (Å²) >= 11 is 0. The molecule has 2 aromatic heterocycles. The number of benzene rings is 1. The number of aromatic amines is 1. The average molecular weight is 428 g/mol. The Bertz CT molecular complexity index is 1200. The van der Waals surface area contributed by atoms with Crippen molar-refractivity contribution in [1.29, 1.82) is 0 Å². The molecule has 6 nitrogen and oxygen atoms in total. The van der Waals surface area contributed by atoms with Gasteiger partial charge < -0.3 is 10.3 Å². The van der Waals surface area contributed by atoms with Gasteiger partial charge in [-0.25, -0.2) is 4.98 Å². The molecule has 2 N–H and O–H groups in total. The number of Topliss-reactive ketones (excluding diaryl/α,β-unsaturated/α-hetero) is 2. The van der Waals surface area contributed by atoms with Crippen molar-refractivity contribution < 1.29 is 14.4 Å². The SMILES string of the molecule is O=C1CCC(C(=O)Nc2cc(-c3[nH]c4c(c3Cc3ccccc3)C(=O)CCC4)ccn2)C1. The number of carbonyl (C=O) groups excluding carboxylic acids is 3. The fourth-order valence-electron chi connectivity index (χ4n) is 4.81. The normalized spacial score (nSPS) is 17.9. The summed E-state index contributed by atoms with van der Waals surface area (Å²) in [7, 11) is 0. The highest BCUT2D eigenvalue weighted by molar-refractivity contribution is 6.02. The molecule has 0 saturated heterocycles. The van der Waals surface area contributed by atoms with Crippen LogP contribution in [0.15, 0.2) is 48.7 Å². The minimum Gasteiger partial charge on any atom is -0.358 e. The molecule has 3 aromatic rings. The molecule has 5 rings (SSSR count). The van der Waals surface area contributed by atoms with Crippen LogP contribution in [0.1, 0.15) is 59.3 Å². The van der Waals surface area contributed by atoms with Gasteiger partial charge in [-0.2, -0.15) is 0 Å². The third-order valence-corrected chi connectivity index (χ3v) is 6.43. The number of nitrogens with one attached hydrogen (secondary N) is 2. The Labute approximate surface area is 186 Å². The fourth-order valence-corrected chi connectivity index (χ4v) is 4.81. The third kappa shape index (κ3) is 4.00. The van der Waals surface area contributed by atoms with Crippen LogP contribution in [0.4, 0.5) is 5.82 Å². The van der Waals surface area contributed by atoms with Gasteiger partial charge in [-0.3, -0.25) is 14.4 Å². The summed E-state index contributed by atoms with van der Waals surface area (Å²) < 4.78 is 0. The van der Waals surface area contributed by atoms with Crippen molar-refractivity contribution in [1.82, 2.24) is 9.97 Å². The summed E-state index contributed by atoms with van der Waals surface area (Å²) in [6, 6.07) is 13.9. The number of carbonyl (C=O) groups is 3. The molecule has 1 saturated carbocycles. The van der Waals surface area contributed by atoms with Gasteiger partial charge in [0.05, 0.1) is 5.69 Å². The molecule has 162 valence electrons. The Morgan fingerprint density at radius 1 is 1.09 bits per heavy atom. The molecule has 6 heteroatoms. The number of amides is 1. The molecule has 1 aromatic carbocycles. The maximum Gasteiger partial charge on any atom is 0.229 e. The molecular formula is C26H25N3O3. The molecule has 0 bridgehead atoms. The van der Waals surface area contributed by atoms with Crippen LogP contribution in [-0.2, 0) is 22.4 Å². The molecule has 1 unspecified atom stereocenters. The number of fused-ring (bicyclic) bond motifs is 1. The number of hydrogen-bond donors (Lipinski definition) is 2. The van der Waals surface area contributed by atoms with Crippen LogP contribution in [0.5, 0.6) is 0 Å². The lowest BCUT2D eigenvalue weighted by Crippen LogP contribution is -2.21. The lowest BCUT2D eigenvalue weighted by atomic mass is 9.90. The van der Waals surface area contributed by atoms with Gasteiger partial charge in [0.25, 0.3) is 0 Å². The van der Waals surface area contributed by atoms with Crippen LogP contribution in [0.3, 0.4) is 0 Å². The van der Waals surface area contributed by atoms with E-state index in [9.17, 15) is 14.4 Å². The van der Waals surface area contributed by atoms with E-state index < -0.39 is 0 Å². The van der Waals surface area contributed by atoms with Gasteiger partial charge in [0.2, 0.25) is 5.91 Å². The molecule has 0 spiro atoms. The Hall–Kier alpha value is -3.54. The first-order chi connectivity index (χ1) is 15.6. The number of hydrogen-bond acceptors (Lipinski definition) is 4. The van der Waals surface area contributed by atoms with Crippen molar-refractivity contribution in [2.75, 3.05) is 5.32 Å². The number of anilines is 1. The second-order valence-electron chi connectivity index (χ2n) is 8.67. The summed E-state index contributed by atoms with van der Waals surface area (Å²) in [6.07, 6.45) is 5.97. The monoisotopic (exact) mass is 427 g/mol. The second-order valence-corrected chi connectivity index (χ2v) is 8.67. The van der Waals surface area contributed by atoms with Crippen molar-refractivity contribution in [3.8, 4) is 11.3 Å². The van der Waals surface area contributed by atoms with Gasteiger partial charge in [-0.05, 0) is 42.5 Å². The molecule has 2 aliphatic carbocycles. The quantitative estimate of drug-likeness (QED) is 0.627. The summed E-state index contributed by atoms with van der Waals surface area (Å²) in [6.45, 7) is 0. The van der Waals surface area contributed by atoms with Crippen LogP contribution in [-0.4, -0.2) is 27.4 Å². The average Bonchev–Trinajstić information content (AvgIpc) is 3.39. The van der Waals surface area contributed by atoms with Gasteiger partial charge in [-0.15, -0.1) is 0 Å². The summed E-state index contributed by atoms with van der Waals surface area (Å²) in [5, 5.41) is 2.87. The molecule has 1 fully saturated rings. The van der Waals surface area contributed by atoms with E-state index in [1.807, 2.05) is 30.3 Å². The van der Waals surface area contributed by atoms with Gasteiger partial charge in [0.15, 0.2) is 5.78 Å². The molecule has 0 aliphatic heterocycles. The first kappa shape index (κ1) is 20.4. The van der Waals surface area contributed by atoms with Gasteiger partial charge in [0.1, 0.15) is 11.6 Å². The van der Waals surface area contributed by atoms with Gasteiger partial charge >= 0.3 is 0 Å². The summed E-state index contributed by atoms with van der Waals surface area (Å²) in [4.78, 5) is 44.7. The van der Waals surface area contributed by atoms with Crippen LogP contribution in [0, 0.1) is 5.92 Å². The second kappa shape index (κ2) is 8.54.